The molecule has 0 radical (unpaired) electrons. The van der Waals surface area contributed by atoms with Crippen LogP contribution in [-0.2, 0) is 0 Å². The Morgan fingerprint density at radius 2 is 1.90 bits per heavy atom. The van der Waals surface area contributed by atoms with E-state index < -0.39 is 11.0 Å². The highest BCUT2D eigenvalue weighted by atomic mass is 35.5. The van der Waals surface area contributed by atoms with Gasteiger partial charge in [0.15, 0.2) is 11.5 Å². The van der Waals surface area contributed by atoms with E-state index >= 15 is 0 Å². The summed E-state index contributed by atoms with van der Waals surface area (Å²) >= 11 is 0. The summed E-state index contributed by atoms with van der Waals surface area (Å²) in [5.41, 5.74) is 7.18. The van der Waals surface area contributed by atoms with Crippen molar-refractivity contribution in [2.45, 2.75) is 19.4 Å². The average Bonchev–Trinajstić information content (AvgIpc) is 2.35. The van der Waals surface area contributed by atoms with Gasteiger partial charge in [0.25, 0.3) is 5.69 Å². The molecule has 112 valence electrons. The molecule has 0 unspecified atom stereocenters. The van der Waals surface area contributed by atoms with Gasteiger partial charge in [0.05, 0.1) is 30.8 Å². The molecule has 1 aromatic rings. The molecule has 1 aromatic carbocycles. The van der Waals surface area contributed by atoms with Crippen molar-refractivity contribution in [2.24, 2.45) is 5.73 Å². The lowest BCUT2D eigenvalue weighted by molar-refractivity contribution is -0.385. The summed E-state index contributed by atoms with van der Waals surface area (Å²) in [7, 11) is 2.90. The smallest absolute Gasteiger partial charge is 0.278 e. The van der Waals surface area contributed by atoms with E-state index in [0.717, 1.165) is 5.57 Å². The Morgan fingerprint density at radius 1 is 1.40 bits per heavy atom. The third kappa shape index (κ3) is 4.11. The molecule has 0 aromatic heterocycles. The number of methoxy groups -OCH3 is 2. The minimum Gasteiger partial charge on any atom is -0.493 e. The molecule has 0 aliphatic carbocycles. The molecule has 7 heteroatoms. The maximum Gasteiger partial charge on any atom is 0.278 e. The van der Waals surface area contributed by atoms with E-state index in [1.165, 1.54) is 20.3 Å². The zero-order chi connectivity index (χ0) is 14.6. The van der Waals surface area contributed by atoms with Gasteiger partial charge in [-0.1, -0.05) is 5.57 Å². The molecule has 0 fully saturated rings. The minimum atomic E-state index is -0.502. The Morgan fingerprint density at radius 3 is 2.30 bits per heavy atom. The maximum atomic E-state index is 11.1. The zero-order valence-electron chi connectivity index (χ0n) is 11.7. The Hall–Kier alpha value is -1.79. The number of nitro benzene ring substituents is 1. The number of hydrogen-bond acceptors (Lipinski definition) is 5. The van der Waals surface area contributed by atoms with E-state index in [1.54, 1.807) is 6.07 Å². The van der Waals surface area contributed by atoms with Crippen molar-refractivity contribution in [3.05, 3.63) is 40.0 Å². The Kier molecular flexibility index (Phi) is 7.02. The van der Waals surface area contributed by atoms with Crippen LogP contribution in [0.5, 0.6) is 11.5 Å². The summed E-state index contributed by atoms with van der Waals surface area (Å²) in [6.45, 7) is 5.59. The zero-order valence-corrected chi connectivity index (χ0v) is 12.5. The number of nitro groups is 1. The molecular formula is C13H19ClN2O4. The highest BCUT2D eigenvalue weighted by Gasteiger charge is 2.23. The first-order valence-electron chi connectivity index (χ1n) is 5.71. The van der Waals surface area contributed by atoms with Gasteiger partial charge >= 0.3 is 0 Å². The summed E-state index contributed by atoms with van der Waals surface area (Å²) in [5.74, 6) is 0.723. The van der Waals surface area contributed by atoms with Crippen LogP contribution in [0.25, 0.3) is 0 Å². The number of hydrogen-bond donors (Lipinski definition) is 1. The van der Waals surface area contributed by atoms with Crippen LogP contribution in [-0.4, -0.2) is 19.1 Å². The second-order valence-corrected chi connectivity index (χ2v) is 4.29. The van der Waals surface area contributed by atoms with Crippen molar-refractivity contribution in [2.75, 3.05) is 14.2 Å². The van der Waals surface area contributed by atoms with Gasteiger partial charge in [0, 0.05) is 6.04 Å². The summed E-state index contributed by atoms with van der Waals surface area (Å²) in [6, 6.07) is 2.37. The lowest BCUT2D eigenvalue weighted by atomic mass is 9.99. The largest absolute Gasteiger partial charge is 0.493 e. The topological polar surface area (TPSA) is 87.6 Å². The molecule has 0 saturated heterocycles. The first kappa shape index (κ1) is 18.2. The predicted octanol–water partition coefficient (Wildman–Crippen LogP) is 3.00. The van der Waals surface area contributed by atoms with Crippen LogP contribution in [0.15, 0.2) is 24.3 Å². The van der Waals surface area contributed by atoms with Crippen molar-refractivity contribution in [3.63, 3.8) is 0 Å². The molecule has 2 N–H and O–H groups in total. The number of benzene rings is 1. The van der Waals surface area contributed by atoms with E-state index in [1.807, 2.05) is 6.92 Å². The molecule has 20 heavy (non-hydrogen) atoms. The van der Waals surface area contributed by atoms with E-state index in [-0.39, 0.29) is 18.1 Å². The average molecular weight is 303 g/mol. The first-order valence-corrected chi connectivity index (χ1v) is 5.71. The summed E-state index contributed by atoms with van der Waals surface area (Å²) in [5, 5.41) is 11.1. The Balaban J connectivity index is 0.00000361. The second kappa shape index (κ2) is 7.72. The minimum absolute atomic E-state index is 0. The first-order chi connectivity index (χ1) is 8.90. The number of nitrogens with zero attached hydrogens (tertiary/aromatic N) is 1. The van der Waals surface area contributed by atoms with Gasteiger partial charge in [-0.05, 0) is 19.4 Å². The van der Waals surface area contributed by atoms with Crippen molar-refractivity contribution in [1.29, 1.82) is 0 Å². The van der Waals surface area contributed by atoms with Crippen LogP contribution >= 0.6 is 12.4 Å². The fraction of sp³-hybridized carbons (Fsp3) is 0.385. The van der Waals surface area contributed by atoms with Crippen LogP contribution in [0.2, 0.25) is 0 Å². The lowest BCUT2D eigenvalue weighted by Gasteiger charge is -2.15. The van der Waals surface area contributed by atoms with Crippen LogP contribution in [0.3, 0.4) is 0 Å². The van der Waals surface area contributed by atoms with E-state index in [2.05, 4.69) is 6.58 Å². The molecule has 1 rings (SSSR count). The molecule has 0 amide bonds. The van der Waals surface area contributed by atoms with Gasteiger partial charge in [0.1, 0.15) is 0 Å². The fourth-order valence-electron chi connectivity index (χ4n) is 1.82. The lowest BCUT2D eigenvalue weighted by Crippen LogP contribution is -2.13. The molecule has 0 bridgehead atoms. The molecule has 1 atom stereocenters. The van der Waals surface area contributed by atoms with Crippen LogP contribution in [0.4, 0.5) is 5.69 Å². The molecule has 0 heterocycles. The van der Waals surface area contributed by atoms with Gasteiger partial charge in [-0.25, -0.2) is 0 Å². The molecule has 6 nitrogen and oxygen atoms in total. The maximum absolute atomic E-state index is 11.1. The van der Waals surface area contributed by atoms with Gasteiger partial charge in [0.2, 0.25) is 0 Å². The molecule has 0 aliphatic heterocycles. The van der Waals surface area contributed by atoms with Gasteiger partial charge in [-0.3, -0.25) is 10.1 Å². The number of nitrogens with two attached hydrogens (primary N) is 1. The van der Waals surface area contributed by atoms with Gasteiger partial charge in [-0.2, -0.15) is 0 Å². The summed E-state index contributed by atoms with van der Waals surface area (Å²) < 4.78 is 10.2. The van der Waals surface area contributed by atoms with Crippen molar-refractivity contribution in [3.8, 4) is 11.5 Å². The van der Waals surface area contributed by atoms with Crippen molar-refractivity contribution >= 4 is 18.1 Å². The quantitative estimate of drug-likeness (QED) is 0.496. The monoisotopic (exact) mass is 302 g/mol. The SMILES string of the molecule is C=C(C)C[C@@H](N)c1cc(OC)c(OC)cc1[N+](=O)[O-].Cl. The fourth-order valence-corrected chi connectivity index (χ4v) is 1.82. The Labute approximate surface area is 124 Å². The molecule has 0 aliphatic rings. The highest BCUT2D eigenvalue weighted by molar-refractivity contribution is 5.85. The van der Waals surface area contributed by atoms with Gasteiger partial charge < -0.3 is 15.2 Å². The van der Waals surface area contributed by atoms with Crippen LogP contribution in [0, 0.1) is 10.1 Å². The standard InChI is InChI=1S/C13H18N2O4.ClH/c1-8(2)5-10(14)9-6-12(18-3)13(19-4)7-11(9)15(16)17;/h6-7,10H,1,5,14H2,2-4H3;1H/t10-;/m1./s1. The summed E-state index contributed by atoms with van der Waals surface area (Å²) in [6.07, 6.45) is 0.469. The molecule has 0 saturated carbocycles. The van der Waals surface area contributed by atoms with Crippen molar-refractivity contribution in [1.82, 2.24) is 0 Å². The normalized spacial score (nSPS) is 11.2. The van der Waals surface area contributed by atoms with E-state index in [4.69, 9.17) is 15.2 Å². The third-order valence-electron chi connectivity index (χ3n) is 2.70. The predicted molar refractivity (Wildman–Crippen MR) is 79.8 cm³/mol. The number of halogens is 1. The summed E-state index contributed by atoms with van der Waals surface area (Å²) in [4.78, 5) is 10.6. The van der Waals surface area contributed by atoms with Crippen LogP contribution < -0.4 is 15.2 Å². The third-order valence-corrected chi connectivity index (χ3v) is 2.70. The number of rotatable bonds is 6. The van der Waals surface area contributed by atoms with E-state index in [9.17, 15) is 10.1 Å². The van der Waals surface area contributed by atoms with Crippen molar-refractivity contribution < 1.29 is 14.4 Å². The Bertz CT molecular complexity index is 505. The van der Waals surface area contributed by atoms with Gasteiger partial charge in [-0.15, -0.1) is 19.0 Å². The van der Waals surface area contributed by atoms with E-state index in [0.29, 0.717) is 23.5 Å². The van der Waals surface area contributed by atoms with Crippen LogP contribution in [0.1, 0.15) is 24.9 Å². The molecular weight excluding hydrogens is 284 g/mol. The highest BCUT2D eigenvalue weighted by Crippen LogP contribution is 2.37. The number of ether oxygens (including phenoxy) is 2. The second-order valence-electron chi connectivity index (χ2n) is 4.29. The molecule has 0 spiro atoms.